The van der Waals surface area contributed by atoms with E-state index in [2.05, 4.69) is 0 Å². The summed E-state index contributed by atoms with van der Waals surface area (Å²) in [6, 6.07) is 16.3. The molecule has 0 aromatic heterocycles. The molecule has 23 heavy (non-hydrogen) atoms. The van der Waals surface area contributed by atoms with E-state index >= 15 is 0 Å². The van der Waals surface area contributed by atoms with Gasteiger partial charge in [-0.25, -0.2) is 4.79 Å². The van der Waals surface area contributed by atoms with Crippen molar-refractivity contribution in [2.45, 2.75) is 31.5 Å². The molecule has 0 amide bonds. The predicted octanol–water partition coefficient (Wildman–Crippen LogP) is 3.03. The molecule has 0 aliphatic carbocycles. The van der Waals surface area contributed by atoms with Gasteiger partial charge in [-0.15, -0.1) is 0 Å². The third-order valence-corrected chi connectivity index (χ3v) is 4.44. The minimum atomic E-state index is -1.59. The summed E-state index contributed by atoms with van der Waals surface area (Å²) in [4.78, 5) is 12.7. The smallest absolute Gasteiger partial charge is 0.354 e. The monoisotopic (exact) mass is 312 g/mol. The van der Waals surface area contributed by atoms with Gasteiger partial charge in [0.25, 0.3) is 0 Å². The van der Waals surface area contributed by atoms with Crippen LogP contribution in [0.2, 0.25) is 0 Å². The first-order chi connectivity index (χ1) is 11.1. The van der Waals surface area contributed by atoms with Gasteiger partial charge in [0.15, 0.2) is 5.60 Å². The zero-order chi connectivity index (χ0) is 16.5. The van der Waals surface area contributed by atoms with Crippen molar-refractivity contribution in [3.8, 4) is 5.75 Å². The number of fused-ring (bicyclic) bond motifs is 1. The molecular formula is C19H20O4. The first-order valence-corrected chi connectivity index (χ1v) is 7.83. The maximum Gasteiger partial charge on any atom is 0.354 e. The van der Waals surface area contributed by atoms with Crippen LogP contribution in [0.4, 0.5) is 0 Å². The van der Waals surface area contributed by atoms with Crippen molar-refractivity contribution in [1.29, 1.82) is 0 Å². The fraction of sp³-hybridized carbons (Fsp3) is 0.316. The van der Waals surface area contributed by atoms with Gasteiger partial charge in [0.05, 0.1) is 6.61 Å². The summed E-state index contributed by atoms with van der Waals surface area (Å²) in [7, 11) is 0. The van der Waals surface area contributed by atoms with Crippen LogP contribution < -0.4 is 4.74 Å². The Kier molecular flexibility index (Phi) is 3.86. The summed E-state index contributed by atoms with van der Waals surface area (Å²) in [5.41, 5.74) is -1.89. The molecular weight excluding hydrogens is 292 g/mol. The van der Waals surface area contributed by atoms with Crippen LogP contribution in [-0.4, -0.2) is 23.3 Å². The molecule has 4 heteroatoms. The first-order valence-electron chi connectivity index (χ1n) is 7.83. The van der Waals surface area contributed by atoms with Gasteiger partial charge in [-0.05, 0) is 25.0 Å². The van der Waals surface area contributed by atoms with Crippen LogP contribution in [0.25, 0.3) is 0 Å². The van der Waals surface area contributed by atoms with E-state index in [0.717, 1.165) is 0 Å². The Balaban J connectivity index is 2.26. The summed E-state index contributed by atoms with van der Waals surface area (Å²) in [5.74, 6) is -0.0428. The number of hydrogen-bond acceptors (Lipinski definition) is 4. The number of para-hydroxylation sites is 1. The fourth-order valence-corrected chi connectivity index (χ4v) is 3.31. The Hall–Kier alpha value is -2.33. The van der Waals surface area contributed by atoms with E-state index in [1.54, 1.807) is 31.2 Å². The molecule has 1 aliphatic rings. The molecule has 2 aromatic carbocycles. The Labute approximate surface area is 135 Å². The molecule has 1 aliphatic heterocycles. The zero-order valence-electron chi connectivity index (χ0n) is 13.3. The molecule has 1 heterocycles. The Morgan fingerprint density at radius 2 is 1.74 bits per heavy atom. The van der Waals surface area contributed by atoms with Gasteiger partial charge in [-0.3, -0.25) is 0 Å². The molecule has 120 valence electrons. The molecule has 2 aromatic rings. The van der Waals surface area contributed by atoms with Crippen LogP contribution in [0.15, 0.2) is 54.6 Å². The zero-order valence-corrected chi connectivity index (χ0v) is 13.3. The summed E-state index contributed by atoms with van der Waals surface area (Å²) in [6.07, 6.45) is 0.284. The summed E-state index contributed by atoms with van der Waals surface area (Å²) in [6.45, 7) is 3.78. The second-order valence-electron chi connectivity index (χ2n) is 5.58. The van der Waals surface area contributed by atoms with Crippen molar-refractivity contribution in [2.75, 3.05) is 6.61 Å². The highest BCUT2D eigenvalue weighted by atomic mass is 16.6. The molecule has 2 atom stereocenters. The minimum Gasteiger partial charge on any atom is -0.471 e. The normalized spacial score (nSPS) is 25.5. The molecule has 0 radical (unpaired) electrons. The summed E-state index contributed by atoms with van der Waals surface area (Å²) >= 11 is 0. The van der Waals surface area contributed by atoms with Gasteiger partial charge in [-0.2, -0.15) is 0 Å². The molecule has 0 spiro atoms. The van der Waals surface area contributed by atoms with Gasteiger partial charge in [0.1, 0.15) is 5.75 Å². The first kappa shape index (κ1) is 15.6. The SMILES string of the molecule is CCOC(=O)[C@]1(CC)Oc2ccccc2[C@@]1(O)c1ccccc1. The highest BCUT2D eigenvalue weighted by Gasteiger charge is 2.65. The molecule has 0 saturated heterocycles. The topological polar surface area (TPSA) is 55.8 Å². The van der Waals surface area contributed by atoms with Gasteiger partial charge < -0.3 is 14.6 Å². The van der Waals surface area contributed by atoms with Crippen LogP contribution in [0.5, 0.6) is 5.75 Å². The van der Waals surface area contributed by atoms with Crippen LogP contribution in [0.1, 0.15) is 31.4 Å². The van der Waals surface area contributed by atoms with Crippen LogP contribution in [0, 0.1) is 0 Å². The third-order valence-electron chi connectivity index (χ3n) is 4.44. The van der Waals surface area contributed by atoms with Crippen molar-refractivity contribution >= 4 is 5.97 Å². The number of aliphatic hydroxyl groups is 1. The second-order valence-corrected chi connectivity index (χ2v) is 5.58. The van der Waals surface area contributed by atoms with Crippen molar-refractivity contribution < 1.29 is 19.4 Å². The molecule has 0 saturated carbocycles. The maximum absolute atomic E-state index is 12.7. The number of esters is 1. The Morgan fingerprint density at radius 1 is 1.09 bits per heavy atom. The van der Waals surface area contributed by atoms with Crippen molar-refractivity contribution in [1.82, 2.24) is 0 Å². The number of carbonyl (C=O) groups is 1. The number of benzene rings is 2. The second kappa shape index (κ2) is 5.70. The summed E-state index contributed by atoms with van der Waals surface area (Å²) < 4.78 is 11.2. The van der Waals surface area contributed by atoms with Crippen molar-refractivity contribution in [3.05, 3.63) is 65.7 Å². The van der Waals surface area contributed by atoms with Crippen LogP contribution >= 0.6 is 0 Å². The summed E-state index contributed by atoms with van der Waals surface area (Å²) in [5, 5.41) is 11.7. The fourth-order valence-electron chi connectivity index (χ4n) is 3.31. The predicted molar refractivity (Wildman–Crippen MR) is 86.2 cm³/mol. The van der Waals surface area contributed by atoms with Gasteiger partial charge in [-0.1, -0.05) is 55.5 Å². The van der Waals surface area contributed by atoms with E-state index in [1.807, 2.05) is 37.3 Å². The largest absolute Gasteiger partial charge is 0.471 e. The lowest BCUT2D eigenvalue weighted by molar-refractivity contribution is -0.179. The number of ether oxygens (including phenoxy) is 2. The van der Waals surface area contributed by atoms with E-state index in [9.17, 15) is 9.90 Å². The van der Waals surface area contributed by atoms with E-state index in [-0.39, 0.29) is 13.0 Å². The van der Waals surface area contributed by atoms with E-state index in [4.69, 9.17) is 9.47 Å². The van der Waals surface area contributed by atoms with Crippen molar-refractivity contribution in [3.63, 3.8) is 0 Å². The molecule has 0 fully saturated rings. The van der Waals surface area contributed by atoms with Gasteiger partial charge in [0.2, 0.25) is 5.60 Å². The molecule has 0 bridgehead atoms. The van der Waals surface area contributed by atoms with E-state index < -0.39 is 17.2 Å². The molecule has 1 N–H and O–H groups in total. The van der Waals surface area contributed by atoms with Crippen molar-refractivity contribution in [2.24, 2.45) is 0 Å². The highest BCUT2D eigenvalue weighted by Crippen LogP contribution is 2.53. The van der Waals surface area contributed by atoms with Crippen LogP contribution in [-0.2, 0) is 15.1 Å². The van der Waals surface area contributed by atoms with Crippen LogP contribution in [0.3, 0.4) is 0 Å². The molecule has 3 rings (SSSR count). The third kappa shape index (κ3) is 2.05. The molecule has 4 nitrogen and oxygen atoms in total. The van der Waals surface area contributed by atoms with Gasteiger partial charge in [0, 0.05) is 5.56 Å². The maximum atomic E-state index is 12.7. The van der Waals surface area contributed by atoms with E-state index in [1.165, 1.54) is 0 Å². The molecule has 0 unspecified atom stereocenters. The standard InChI is InChI=1S/C19H20O4/c1-3-18(17(20)22-4-2)19(21,14-10-6-5-7-11-14)15-12-8-9-13-16(15)23-18/h5-13,21H,3-4H2,1-2H3/t18-,19-/m0/s1. The minimum absolute atomic E-state index is 0.227. The average molecular weight is 312 g/mol. The van der Waals surface area contributed by atoms with E-state index in [0.29, 0.717) is 16.9 Å². The number of rotatable bonds is 4. The van der Waals surface area contributed by atoms with Gasteiger partial charge >= 0.3 is 5.97 Å². The Bertz CT molecular complexity index is 712. The lowest BCUT2D eigenvalue weighted by Crippen LogP contribution is -2.58. The quantitative estimate of drug-likeness (QED) is 0.882. The number of carbonyl (C=O) groups excluding carboxylic acids is 1. The highest BCUT2D eigenvalue weighted by molar-refractivity contribution is 5.85. The number of hydrogen-bond donors (Lipinski definition) is 1. The Morgan fingerprint density at radius 3 is 2.39 bits per heavy atom. The lowest BCUT2D eigenvalue weighted by Gasteiger charge is -2.38. The lowest BCUT2D eigenvalue weighted by atomic mass is 9.73. The average Bonchev–Trinajstić information content (AvgIpc) is 2.87.